The lowest BCUT2D eigenvalue weighted by atomic mass is 9.92. The third-order valence-corrected chi connectivity index (χ3v) is 4.08. The molecular weight excluding hydrogens is 286 g/mol. The largest absolute Gasteiger partial charge is 0.310 e. The standard InChI is InChI=1S/C16H26BrN/c1-5-9-18-16(10-12(3)6-2)15-8-7-14(17)11-13(15)4/h7-8,11-12,16,18H,5-6,9-10H2,1-4H3. The van der Waals surface area contributed by atoms with Crippen LogP contribution in [0.4, 0.5) is 0 Å². The summed E-state index contributed by atoms with van der Waals surface area (Å²) in [6.07, 6.45) is 3.66. The smallest absolute Gasteiger partial charge is 0.0325 e. The Morgan fingerprint density at radius 2 is 2.00 bits per heavy atom. The zero-order chi connectivity index (χ0) is 13.5. The molecule has 0 fully saturated rings. The molecule has 1 N–H and O–H groups in total. The minimum atomic E-state index is 0.494. The Morgan fingerprint density at radius 3 is 2.56 bits per heavy atom. The van der Waals surface area contributed by atoms with E-state index in [0.717, 1.165) is 12.5 Å². The first-order valence-corrected chi connectivity index (χ1v) is 7.87. The average molecular weight is 312 g/mol. The molecule has 1 aromatic rings. The molecule has 0 radical (unpaired) electrons. The second kappa shape index (κ2) is 7.96. The van der Waals surface area contributed by atoms with Gasteiger partial charge in [-0.05, 0) is 55.5 Å². The van der Waals surface area contributed by atoms with E-state index >= 15 is 0 Å². The van der Waals surface area contributed by atoms with Gasteiger partial charge < -0.3 is 5.32 Å². The molecule has 0 saturated carbocycles. The molecule has 1 nitrogen and oxygen atoms in total. The van der Waals surface area contributed by atoms with Gasteiger partial charge in [0.05, 0.1) is 0 Å². The fraction of sp³-hybridized carbons (Fsp3) is 0.625. The molecule has 2 atom stereocenters. The highest BCUT2D eigenvalue weighted by Crippen LogP contribution is 2.27. The first kappa shape index (κ1) is 15.7. The number of hydrogen-bond acceptors (Lipinski definition) is 1. The first-order chi connectivity index (χ1) is 8.58. The first-order valence-electron chi connectivity index (χ1n) is 7.07. The van der Waals surface area contributed by atoms with Crippen LogP contribution < -0.4 is 5.32 Å². The molecule has 0 aliphatic carbocycles. The molecule has 0 heterocycles. The van der Waals surface area contributed by atoms with Crippen molar-refractivity contribution >= 4 is 15.9 Å². The van der Waals surface area contributed by atoms with Crippen molar-refractivity contribution in [2.75, 3.05) is 6.54 Å². The zero-order valence-electron chi connectivity index (χ0n) is 12.1. The summed E-state index contributed by atoms with van der Waals surface area (Å²) in [5.74, 6) is 0.766. The van der Waals surface area contributed by atoms with Crippen molar-refractivity contribution in [3.63, 3.8) is 0 Å². The van der Waals surface area contributed by atoms with Gasteiger partial charge in [0, 0.05) is 10.5 Å². The highest BCUT2D eigenvalue weighted by atomic mass is 79.9. The summed E-state index contributed by atoms with van der Waals surface area (Å²) < 4.78 is 1.17. The zero-order valence-corrected chi connectivity index (χ0v) is 13.7. The van der Waals surface area contributed by atoms with Crippen molar-refractivity contribution in [2.45, 2.75) is 53.0 Å². The monoisotopic (exact) mass is 311 g/mol. The summed E-state index contributed by atoms with van der Waals surface area (Å²) in [5, 5.41) is 3.70. The molecular formula is C16H26BrN. The van der Waals surface area contributed by atoms with E-state index in [1.807, 2.05) is 0 Å². The van der Waals surface area contributed by atoms with Crippen molar-refractivity contribution in [1.29, 1.82) is 0 Å². The number of halogens is 1. The van der Waals surface area contributed by atoms with Crippen LogP contribution in [0.3, 0.4) is 0 Å². The van der Waals surface area contributed by atoms with E-state index in [1.54, 1.807) is 0 Å². The van der Waals surface area contributed by atoms with Crippen LogP contribution in [0.1, 0.15) is 57.2 Å². The molecule has 0 aliphatic heterocycles. The van der Waals surface area contributed by atoms with Crippen LogP contribution in [0, 0.1) is 12.8 Å². The lowest BCUT2D eigenvalue weighted by Crippen LogP contribution is -2.24. The predicted molar refractivity (Wildman–Crippen MR) is 84.0 cm³/mol. The number of benzene rings is 1. The number of aryl methyl sites for hydroxylation is 1. The molecule has 1 aromatic carbocycles. The van der Waals surface area contributed by atoms with Crippen LogP contribution in [0.2, 0.25) is 0 Å². The topological polar surface area (TPSA) is 12.0 Å². The van der Waals surface area contributed by atoms with E-state index in [4.69, 9.17) is 0 Å². The van der Waals surface area contributed by atoms with Crippen LogP contribution in [-0.2, 0) is 0 Å². The molecule has 0 aliphatic rings. The summed E-state index contributed by atoms with van der Waals surface area (Å²) in [4.78, 5) is 0. The summed E-state index contributed by atoms with van der Waals surface area (Å²) in [7, 11) is 0. The van der Waals surface area contributed by atoms with Crippen LogP contribution in [-0.4, -0.2) is 6.54 Å². The summed E-state index contributed by atoms with van der Waals surface area (Å²) in [5.41, 5.74) is 2.83. The molecule has 1 rings (SSSR count). The van der Waals surface area contributed by atoms with Crippen LogP contribution in [0.25, 0.3) is 0 Å². The summed E-state index contributed by atoms with van der Waals surface area (Å²) in [6, 6.07) is 7.12. The molecule has 0 saturated heterocycles. The quantitative estimate of drug-likeness (QED) is 0.726. The van der Waals surface area contributed by atoms with Gasteiger partial charge >= 0.3 is 0 Å². The average Bonchev–Trinajstić information content (AvgIpc) is 2.34. The lowest BCUT2D eigenvalue weighted by molar-refractivity contribution is 0.401. The number of nitrogens with one attached hydrogen (secondary N) is 1. The Bertz CT molecular complexity index is 362. The minimum absolute atomic E-state index is 0.494. The van der Waals surface area contributed by atoms with Gasteiger partial charge in [-0.15, -0.1) is 0 Å². The molecule has 0 spiro atoms. The molecule has 2 unspecified atom stereocenters. The van der Waals surface area contributed by atoms with Crippen molar-refractivity contribution in [3.8, 4) is 0 Å². The predicted octanol–water partition coefficient (Wildman–Crippen LogP) is 5.23. The van der Waals surface area contributed by atoms with Gasteiger partial charge in [0.15, 0.2) is 0 Å². The Hall–Kier alpha value is -0.340. The minimum Gasteiger partial charge on any atom is -0.310 e. The Kier molecular flexibility index (Phi) is 6.95. The van der Waals surface area contributed by atoms with Gasteiger partial charge in [0.2, 0.25) is 0 Å². The van der Waals surface area contributed by atoms with Gasteiger partial charge in [0.25, 0.3) is 0 Å². The van der Waals surface area contributed by atoms with E-state index in [2.05, 4.69) is 67.1 Å². The number of hydrogen-bond donors (Lipinski definition) is 1. The van der Waals surface area contributed by atoms with Crippen LogP contribution in [0.5, 0.6) is 0 Å². The third-order valence-electron chi connectivity index (χ3n) is 3.58. The van der Waals surface area contributed by atoms with Crippen molar-refractivity contribution in [2.24, 2.45) is 5.92 Å². The highest BCUT2D eigenvalue weighted by molar-refractivity contribution is 9.10. The maximum Gasteiger partial charge on any atom is 0.0325 e. The molecule has 0 bridgehead atoms. The van der Waals surface area contributed by atoms with E-state index < -0.39 is 0 Å². The van der Waals surface area contributed by atoms with Crippen molar-refractivity contribution in [3.05, 3.63) is 33.8 Å². The molecule has 18 heavy (non-hydrogen) atoms. The number of rotatable bonds is 7. The Morgan fingerprint density at radius 1 is 1.28 bits per heavy atom. The fourth-order valence-electron chi connectivity index (χ4n) is 2.24. The maximum atomic E-state index is 3.70. The van der Waals surface area contributed by atoms with Gasteiger partial charge in [-0.3, -0.25) is 0 Å². The maximum absolute atomic E-state index is 3.70. The second-order valence-corrected chi connectivity index (χ2v) is 6.17. The normalized spacial score (nSPS) is 14.5. The SMILES string of the molecule is CCCNC(CC(C)CC)c1ccc(Br)cc1C. The molecule has 2 heteroatoms. The fourth-order valence-corrected chi connectivity index (χ4v) is 2.71. The van der Waals surface area contributed by atoms with Gasteiger partial charge in [-0.25, -0.2) is 0 Å². The molecule has 102 valence electrons. The van der Waals surface area contributed by atoms with Gasteiger partial charge in [0.1, 0.15) is 0 Å². The summed E-state index contributed by atoms with van der Waals surface area (Å²) >= 11 is 3.54. The van der Waals surface area contributed by atoms with Crippen molar-refractivity contribution in [1.82, 2.24) is 5.32 Å². The Balaban J connectivity index is 2.86. The van der Waals surface area contributed by atoms with Gasteiger partial charge in [-0.2, -0.15) is 0 Å². The van der Waals surface area contributed by atoms with E-state index in [9.17, 15) is 0 Å². The lowest BCUT2D eigenvalue weighted by Gasteiger charge is -2.24. The van der Waals surface area contributed by atoms with E-state index in [1.165, 1.54) is 34.9 Å². The van der Waals surface area contributed by atoms with Crippen LogP contribution in [0.15, 0.2) is 22.7 Å². The Labute approximate surface area is 120 Å². The highest BCUT2D eigenvalue weighted by Gasteiger charge is 2.15. The van der Waals surface area contributed by atoms with Crippen LogP contribution >= 0.6 is 15.9 Å². The third kappa shape index (κ3) is 4.74. The molecule has 0 amide bonds. The second-order valence-electron chi connectivity index (χ2n) is 5.26. The van der Waals surface area contributed by atoms with Crippen molar-refractivity contribution < 1.29 is 0 Å². The summed E-state index contributed by atoms with van der Waals surface area (Å²) in [6.45, 7) is 10.1. The molecule has 0 aromatic heterocycles. The van der Waals surface area contributed by atoms with E-state index in [-0.39, 0.29) is 0 Å². The van der Waals surface area contributed by atoms with E-state index in [0.29, 0.717) is 6.04 Å². The van der Waals surface area contributed by atoms with Gasteiger partial charge in [-0.1, -0.05) is 49.2 Å².